The molecule has 130 valence electrons. The number of nitrogens with zero attached hydrogens (tertiary/aromatic N) is 2. The van der Waals surface area contributed by atoms with Crippen molar-refractivity contribution in [2.75, 3.05) is 6.54 Å². The second-order valence-corrected chi connectivity index (χ2v) is 6.64. The minimum atomic E-state index is -1.23. The predicted molar refractivity (Wildman–Crippen MR) is 85.2 cm³/mol. The van der Waals surface area contributed by atoms with Crippen molar-refractivity contribution < 1.29 is 18.8 Å². The fourth-order valence-electron chi connectivity index (χ4n) is 2.45. The van der Waals surface area contributed by atoms with Gasteiger partial charge in [-0.3, -0.25) is 4.79 Å². The van der Waals surface area contributed by atoms with Gasteiger partial charge in [0.25, 0.3) is 0 Å². The lowest BCUT2D eigenvalue weighted by molar-refractivity contribution is -0.122. The number of furan rings is 1. The molecular weight excluding hydrogens is 310 g/mol. The summed E-state index contributed by atoms with van der Waals surface area (Å²) in [4.78, 5) is 16.3. The number of aromatic nitrogens is 2. The molecule has 2 aromatic heterocycles. The smallest absolute Gasteiger partial charge is 0.226 e. The quantitative estimate of drug-likeness (QED) is 0.768. The van der Waals surface area contributed by atoms with Crippen molar-refractivity contribution in [3.05, 3.63) is 35.4 Å². The van der Waals surface area contributed by atoms with Crippen molar-refractivity contribution in [2.24, 2.45) is 0 Å². The van der Waals surface area contributed by atoms with Crippen molar-refractivity contribution in [1.82, 2.24) is 15.5 Å². The first kappa shape index (κ1) is 16.7. The van der Waals surface area contributed by atoms with E-state index in [0.717, 1.165) is 24.4 Å². The van der Waals surface area contributed by atoms with E-state index >= 15 is 0 Å². The molecule has 1 amide bonds. The van der Waals surface area contributed by atoms with E-state index in [1.807, 2.05) is 6.92 Å². The van der Waals surface area contributed by atoms with E-state index in [9.17, 15) is 9.90 Å². The van der Waals surface area contributed by atoms with Crippen LogP contribution in [0, 0.1) is 6.92 Å². The van der Waals surface area contributed by atoms with Crippen LogP contribution in [0.3, 0.4) is 0 Å². The Kier molecular flexibility index (Phi) is 4.71. The Bertz CT molecular complexity index is 700. The average Bonchev–Trinajstić information content (AvgIpc) is 3.12. The topological polar surface area (TPSA) is 101 Å². The van der Waals surface area contributed by atoms with Crippen LogP contribution in [0.25, 0.3) is 0 Å². The first-order valence-corrected chi connectivity index (χ1v) is 8.32. The van der Waals surface area contributed by atoms with Crippen molar-refractivity contribution >= 4 is 5.91 Å². The molecule has 2 N–H and O–H groups in total. The second kappa shape index (κ2) is 6.76. The molecule has 1 atom stereocenters. The van der Waals surface area contributed by atoms with Crippen LogP contribution < -0.4 is 5.32 Å². The lowest BCUT2D eigenvalue weighted by Gasteiger charge is -2.21. The first-order valence-electron chi connectivity index (χ1n) is 8.32. The molecule has 3 rings (SSSR count). The van der Waals surface area contributed by atoms with Gasteiger partial charge in [-0.2, -0.15) is 4.98 Å². The van der Waals surface area contributed by atoms with E-state index in [0.29, 0.717) is 36.8 Å². The molecular formula is C17H23N3O4. The van der Waals surface area contributed by atoms with Gasteiger partial charge in [-0.25, -0.2) is 0 Å². The van der Waals surface area contributed by atoms with Crippen molar-refractivity contribution in [3.8, 4) is 0 Å². The highest BCUT2D eigenvalue weighted by Crippen LogP contribution is 2.38. The molecule has 0 aliphatic heterocycles. The first-order chi connectivity index (χ1) is 11.4. The number of carbonyl (C=O) groups is 1. The zero-order valence-corrected chi connectivity index (χ0v) is 14.0. The fourth-order valence-corrected chi connectivity index (χ4v) is 2.45. The highest BCUT2D eigenvalue weighted by molar-refractivity contribution is 5.75. The summed E-state index contributed by atoms with van der Waals surface area (Å²) in [5.74, 6) is 2.89. The maximum absolute atomic E-state index is 11.9. The molecule has 1 aliphatic carbocycles. The second-order valence-electron chi connectivity index (χ2n) is 6.64. The molecule has 24 heavy (non-hydrogen) atoms. The van der Waals surface area contributed by atoms with Crippen LogP contribution in [0.1, 0.15) is 61.8 Å². The number of rotatable bonds is 8. The Morgan fingerprint density at radius 1 is 1.46 bits per heavy atom. The third-order valence-electron chi connectivity index (χ3n) is 4.12. The van der Waals surface area contributed by atoms with Crippen LogP contribution in [-0.2, 0) is 16.8 Å². The molecule has 7 nitrogen and oxygen atoms in total. The van der Waals surface area contributed by atoms with Crippen LogP contribution in [0.4, 0.5) is 0 Å². The summed E-state index contributed by atoms with van der Waals surface area (Å²) in [5, 5.41) is 17.1. The molecule has 1 fully saturated rings. The van der Waals surface area contributed by atoms with E-state index in [1.165, 1.54) is 0 Å². The molecule has 2 aromatic rings. The molecule has 0 bridgehead atoms. The number of nitrogens with one attached hydrogen (secondary N) is 1. The summed E-state index contributed by atoms with van der Waals surface area (Å²) in [6.07, 6.45) is 3.82. The average molecular weight is 333 g/mol. The van der Waals surface area contributed by atoms with Gasteiger partial charge in [0.2, 0.25) is 11.8 Å². The maximum atomic E-state index is 11.9. The van der Waals surface area contributed by atoms with Crippen LogP contribution >= 0.6 is 0 Å². The SMILES string of the molecule is Cc1ccc(C(C)(O)CNC(=O)CCCc2nc(C3CC3)no2)o1. The molecule has 0 spiro atoms. The standard InChI is InChI=1S/C17H23N3O4/c1-11-6-9-13(23-11)17(2,22)10-18-14(21)4-3-5-15-19-16(20-24-15)12-7-8-12/h6,9,12,22H,3-5,7-8,10H2,1-2H3,(H,18,21). The molecule has 0 saturated heterocycles. The molecule has 2 heterocycles. The number of aryl methyl sites for hydroxylation is 2. The molecule has 1 saturated carbocycles. The van der Waals surface area contributed by atoms with Gasteiger partial charge in [0.1, 0.15) is 17.1 Å². The molecule has 1 aliphatic rings. The van der Waals surface area contributed by atoms with E-state index in [1.54, 1.807) is 19.1 Å². The van der Waals surface area contributed by atoms with Crippen molar-refractivity contribution in [3.63, 3.8) is 0 Å². The van der Waals surface area contributed by atoms with Gasteiger partial charge in [0.05, 0.1) is 6.54 Å². The van der Waals surface area contributed by atoms with Crippen LogP contribution in [0.15, 0.2) is 21.1 Å². The van der Waals surface area contributed by atoms with Gasteiger partial charge in [0.15, 0.2) is 5.82 Å². The summed E-state index contributed by atoms with van der Waals surface area (Å²) in [5.41, 5.74) is -1.23. The summed E-state index contributed by atoms with van der Waals surface area (Å²) in [6, 6.07) is 3.50. The number of aliphatic hydroxyl groups is 1. The molecule has 0 aromatic carbocycles. The van der Waals surface area contributed by atoms with Gasteiger partial charge in [-0.05, 0) is 45.2 Å². The summed E-state index contributed by atoms with van der Waals surface area (Å²) < 4.78 is 10.6. The third kappa shape index (κ3) is 4.23. The number of amides is 1. The van der Waals surface area contributed by atoms with Crippen molar-refractivity contribution in [1.29, 1.82) is 0 Å². The highest BCUT2D eigenvalue weighted by atomic mass is 16.5. The predicted octanol–water partition coefficient (Wildman–Crippen LogP) is 2.20. The van der Waals surface area contributed by atoms with Gasteiger partial charge >= 0.3 is 0 Å². The third-order valence-corrected chi connectivity index (χ3v) is 4.12. The molecule has 1 unspecified atom stereocenters. The summed E-state index contributed by atoms with van der Waals surface area (Å²) in [7, 11) is 0. The monoisotopic (exact) mass is 333 g/mol. The largest absolute Gasteiger partial charge is 0.463 e. The Balaban J connectivity index is 1.38. The number of carbonyl (C=O) groups excluding carboxylic acids is 1. The molecule has 0 radical (unpaired) electrons. The maximum Gasteiger partial charge on any atom is 0.226 e. The van der Waals surface area contributed by atoms with E-state index < -0.39 is 5.60 Å². The van der Waals surface area contributed by atoms with Gasteiger partial charge in [0, 0.05) is 18.8 Å². The normalized spacial score (nSPS) is 16.8. The van der Waals surface area contributed by atoms with Crippen LogP contribution in [0.5, 0.6) is 0 Å². The summed E-state index contributed by atoms with van der Waals surface area (Å²) in [6.45, 7) is 3.53. The number of hydrogen-bond donors (Lipinski definition) is 2. The van der Waals surface area contributed by atoms with E-state index in [-0.39, 0.29) is 12.5 Å². The van der Waals surface area contributed by atoms with Crippen molar-refractivity contribution in [2.45, 2.75) is 57.5 Å². The van der Waals surface area contributed by atoms with Gasteiger partial charge < -0.3 is 19.4 Å². The van der Waals surface area contributed by atoms with E-state index in [2.05, 4.69) is 15.5 Å². The van der Waals surface area contributed by atoms with Crippen LogP contribution in [0.2, 0.25) is 0 Å². The van der Waals surface area contributed by atoms with Gasteiger partial charge in [-0.1, -0.05) is 5.16 Å². The molecule has 7 heteroatoms. The Hall–Kier alpha value is -2.15. The Morgan fingerprint density at radius 3 is 2.92 bits per heavy atom. The minimum absolute atomic E-state index is 0.102. The zero-order valence-electron chi connectivity index (χ0n) is 14.0. The van der Waals surface area contributed by atoms with E-state index in [4.69, 9.17) is 8.94 Å². The lowest BCUT2D eigenvalue weighted by atomic mass is 10.0. The van der Waals surface area contributed by atoms with Crippen LogP contribution in [-0.4, -0.2) is 27.7 Å². The lowest BCUT2D eigenvalue weighted by Crippen LogP contribution is -2.38. The number of hydrogen-bond acceptors (Lipinski definition) is 6. The Labute approximate surface area is 140 Å². The zero-order chi connectivity index (χ0) is 17.2. The van der Waals surface area contributed by atoms with Gasteiger partial charge in [-0.15, -0.1) is 0 Å². The Morgan fingerprint density at radius 2 is 2.25 bits per heavy atom. The minimum Gasteiger partial charge on any atom is -0.463 e. The summed E-state index contributed by atoms with van der Waals surface area (Å²) >= 11 is 0. The highest BCUT2D eigenvalue weighted by Gasteiger charge is 2.29. The fraction of sp³-hybridized carbons (Fsp3) is 0.588.